The zero-order chi connectivity index (χ0) is 13.3. The molecule has 0 saturated heterocycles. The fourth-order valence-electron chi connectivity index (χ4n) is 0.857. The second kappa shape index (κ2) is 9.04. The van der Waals surface area contributed by atoms with Gasteiger partial charge in [0, 0.05) is 9.27 Å². The van der Waals surface area contributed by atoms with E-state index in [1.165, 1.54) is 11.8 Å². The third-order valence-corrected chi connectivity index (χ3v) is 2.97. The Morgan fingerprint density at radius 3 is 2.24 bits per heavy atom. The third kappa shape index (κ3) is 9.86. The minimum absolute atomic E-state index is 0. The summed E-state index contributed by atoms with van der Waals surface area (Å²) in [5, 5.41) is 5.33. The van der Waals surface area contributed by atoms with Crippen LogP contribution >= 0.6 is 11.8 Å². The number of carbonyl (C=O) groups is 3. The van der Waals surface area contributed by atoms with Gasteiger partial charge in [-0.15, -0.1) is 11.8 Å². The van der Waals surface area contributed by atoms with Crippen LogP contribution in [0, 0.1) is 0 Å². The predicted octanol–water partition coefficient (Wildman–Crippen LogP) is 0.832. The SMILES string of the molecule is CCC(=O)CNC(=O)CNC(=O)CSC(C)C.[HH].[HH]. The molecule has 0 atom stereocenters. The standard InChI is InChI=1S/C11H20N2O3S.2H2/c1-4-9(14)5-12-10(15)6-13-11(16)7-17-8(2)3;;/h8H,4-7H2,1-3H3,(H,12,15)(H,13,16);2*1H. The lowest BCUT2D eigenvalue weighted by Crippen LogP contribution is -2.39. The lowest BCUT2D eigenvalue weighted by molar-refractivity contribution is -0.126. The van der Waals surface area contributed by atoms with E-state index in [2.05, 4.69) is 10.6 Å². The zero-order valence-electron chi connectivity index (χ0n) is 10.5. The van der Waals surface area contributed by atoms with E-state index in [4.69, 9.17) is 0 Å². The van der Waals surface area contributed by atoms with E-state index in [0.717, 1.165) is 0 Å². The molecule has 0 bridgehead atoms. The molecule has 0 radical (unpaired) electrons. The van der Waals surface area contributed by atoms with Crippen LogP contribution in [-0.4, -0.2) is 41.7 Å². The van der Waals surface area contributed by atoms with Crippen molar-refractivity contribution >= 4 is 29.4 Å². The summed E-state index contributed by atoms with van der Waals surface area (Å²) >= 11 is 1.52. The Morgan fingerprint density at radius 1 is 1.12 bits per heavy atom. The molecule has 0 rings (SSSR count). The number of hydrogen-bond donors (Lipinski definition) is 2. The molecular weight excluding hydrogens is 240 g/mol. The van der Waals surface area contributed by atoms with Crippen LogP contribution in [0.1, 0.15) is 30.0 Å². The molecule has 0 spiro atoms. The molecule has 0 fully saturated rings. The van der Waals surface area contributed by atoms with Gasteiger partial charge in [0.15, 0.2) is 5.78 Å². The third-order valence-electron chi connectivity index (χ3n) is 1.87. The lowest BCUT2D eigenvalue weighted by atomic mass is 10.3. The topological polar surface area (TPSA) is 75.3 Å². The van der Waals surface area contributed by atoms with Crippen molar-refractivity contribution in [2.45, 2.75) is 32.4 Å². The summed E-state index contributed by atoms with van der Waals surface area (Å²) in [7, 11) is 0. The largest absolute Gasteiger partial charge is 0.347 e. The Labute approximate surface area is 109 Å². The second-order valence-electron chi connectivity index (χ2n) is 3.81. The van der Waals surface area contributed by atoms with E-state index in [0.29, 0.717) is 17.4 Å². The van der Waals surface area contributed by atoms with Gasteiger partial charge in [-0.1, -0.05) is 20.8 Å². The number of rotatable bonds is 8. The van der Waals surface area contributed by atoms with Crippen molar-refractivity contribution in [1.82, 2.24) is 10.6 Å². The highest BCUT2D eigenvalue weighted by Crippen LogP contribution is 2.07. The van der Waals surface area contributed by atoms with Gasteiger partial charge in [0.05, 0.1) is 18.8 Å². The monoisotopic (exact) mass is 264 g/mol. The van der Waals surface area contributed by atoms with Gasteiger partial charge in [0.25, 0.3) is 0 Å². The molecule has 5 nitrogen and oxygen atoms in total. The van der Waals surface area contributed by atoms with Crippen LogP contribution in [0.25, 0.3) is 0 Å². The van der Waals surface area contributed by atoms with Crippen molar-refractivity contribution in [2.75, 3.05) is 18.8 Å². The zero-order valence-corrected chi connectivity index (χ0v) is 11.4. The van der Waals surface area contributed by atoms with Gasteiger partial charge in [0.1, 0.15) is 0 Å². The lowest BCUT2D eigenvalue weighted by Gasteiger charge is -2.07. The van der Waals surface area contributed by atoms with Crippen LogP contribution in [0.4, 0.5) is 0 Å². The van der Waals surface area contributed by atoms with Crippen LogP contribution in [-0.2, 0) is 14.4 Å². The van der Waals surface area contributed by atoms with Gasteiger partial charge in [-0.2, -0.15) is 0 Å². The summed E-state index contributed by atoms with van der Waals surface area (Å²) in [4.78, 5) is 33.4. The van der Waals surface area contributed by atoms with Crippen molar-refractivity contribution in [3.8, 4) is 0 Å². The molecule has 0 aromatic carbocycles. The van der Waals surface area contributed by atoms with Gasteiger partial charge in [-0.3, -0.25) is 14.4 Å². The number of carbonyl (C=O) groups excluding carboxylic acids is 3. The number of hydrogen-bond acceptors (Lipinski definition) is 4. The molecule has 0 heterocycles. The number of ketones is 1. The Bertz CT molecular complexity index is 289. The highest BCUT2D eigenvalue weighted by atomic mass is 32.2. The minimum Gasteiger partial charge on any atom is -0.347 e. The van der Waals surface area contributed by atoms with Gasteiger partial charge in [-0.05, 0) is 5.25 Å². The molecule has 0 aromatic rings. The molecule has 0 unspecified atom stereocenters. The molecule has 0 aliphatic carbocycles. The van der Waals surface area contributed by atoms with Crippen LogP contribution in [0.2, 0.25) is 0 Å². The Kier molecular flexibility index (Phi) is 8.49. The Balaban J connectivity index is -0.00000128. The van der Waals surface area contributed by atoms with Crippen LogP contribution in [0.5, 0.6) is 0 Å². The van der Waals surface area contributed by atoms with Crippen molar-refractivity contribution in [3.05, 3.63) is 0 Å². The molecule has 0 saturated carbocycles. The molecular formula is C11H24N2O3S. The molecule has 2 N–H and O–H groups in total. The fourth-order valence-corrected chi connectivity index (χ4v) is 1.44. The van der Waals surface area contributed by atoms with Crippen molar-refractivity contribution in [1.29, 1.82) is 0 Å². The fraction of sp³-hybridized carbons (Fsp3) is 0.727. The van der Waals surface area contributed by atoms with Gasteiger partial charge < -0.3 is 10.6 Å². The summed E-state index contributed by atoms with van der Waals surface area (Å²) in [5.74, 6) is -0.186. The molecule has 17 heavy (non-hydrogen) atoms. The van der Waals surface area contributed by atoms with E-state index >= 15 is 0 Å². The average Bonchev–Trinajstić information content (AvgIpc) is 2.30. The van der Waals surface area contributed by atoms with Crippen molar-refractivity contribution < 1.29 is 17.2 Å². The maximum absolute atomic E-state index is 11.3. The van der Waals surface area contributed by atoms with Crippen molar-refractivity contribution in [3.63, 3.8) is 0 Å². The molecule has 0 aliphatic heterocycles. The Hall–Kier alpha value is -1.04. The minimum atomic E-state index is -0.338. The second-order valence-corrected chi connectivity index (χ2v) is 5.37. The van der Waals surface area contributed by atoms with E-state index < -0.39 is 0 Å². The first-order valence-electron chi connectivity index (χ1n) is 5.62. The molecule has 0 aromatic heterocycles. The number of Topliss-reactive ketones (excluding diaryl/α,β-unsaturated/α-hetero) is 1. The summed E-state index contributed by atoms with van der Waals surface area (Å²) < 4.78 is 0. The van der Waals surface area contributed by atoms with Gasteiger partial charge in [0.2, 0.25) is 11.8 Å². The van der Waals surface area contributed by atoms with E-state index in [9.17, 15) is 14.4 Å². The molecule has 2 amide bonds. The van der Waals surface area contributed by atoms with E-state index in [-0.39, 0.29) is 33.5 Å². The summed E-state index contributed by atoms with van der Waals surface area (Å²) in [5.41, 5.74) is 0. The molecule has 0 aliphatic rings. The van der Waals surface area contributed by atoms with Crippen LogP contribution in [0.3, 0.4) is 0 Å². The number of amides is 2. The first kappa shape index (κ1) is 16.0. The first-order valence-corrected chi connectivity index (χ1v) is 6.67. The first-order chi connectivity index (χ1) is 7.95. The maximum Gasteiger partial charge on any atom is 0.239 e. The Morgan fingerprint density at radius 2 is 1.71 bits per heavy atom. The van der Waals surface area contributed by atoms with Crippen molar-refractivity contribution in [2.24, 2.45) is 0 Å². The van der Waals surface area contributed by atoms with Gasteiger partial charge in [-0.25, -0.2) is 0 Å². The van der Waals surface area contributed by atoms with Gasteiger partial charge >= 0.3 is 0 Å². The average molecular weight is 264 g/mol. The smallest absolute Gasteiger partial charge is 0.239 e. The predicted molar refractivity (Wildman–Crippen MR) is 73.1 cm³/mol. The number of nitrogens with one attached hydrogen (secondary N) is 2. The van der Waals surface area contributed by atoms with Crippen LogP contribution < -0.4 is 10.6 Å². The summed E-state index contributed by atoms with van der Waals surface area (Å²) in [6, 6.07) is 0. The normalized spacial score (nSPS) is 10.1. The van der Waals surface area contributed by atoms with E-state index in [1.807, 2.05) is 13.8 Å². The molecule has 102 valence electrons. The summed E-state index contributed by atoms with van der Waals surface area (Å²) in [6.45, 7) is 5.70. The van der Waals surface area contributed by atoms with E-state index in [1.54, 1.807) is 6.92 Å². The summed E-state index contributed by atoms with van der Waals surface area (Å²) in [6.07, 6.45) is 0.400. The number of thioether (sulfide) groups is 1. The quantitative estimate of drug-likeness (QED) is 0.681. The highest BCUT2D eigenvalue weighted by Gasteiger charge is 2.07. The molecule has 6 heteroatoms. The highest BCUT2D eigenvalue weighted by molar-refractivity contribution is 8.00. The maximum atomic E-state index is 11.3. The van der Waals surface area contributed by atoms with Crippen LogP contribution in [0.15, 0.2) is 0 Å².